The summed E-state index contributed by atoms with van der Waals surface area (Å²) >= 11 is 6.30. The summed E-state index contributed by atoms with van der Waals surface area (Å²) in [5.41, 5.74) is 3.63. The lowest BCUT2D eigenvalue weighted by atomic mass is 10.0. The number of ether oxygens (including phenoxy) is 1. The average Bonchev–Trinajstić information content (AvgIpc) is 3.75. The topological polar surface area (TPSA) is 57.7 Å². The van der Waals surface area contributed by atoms with Crippen LogP contribution in [-0.4, -0.2) is 54.6 Å². The molecule has 2 aromatic carbocycles. The maximum atomic E-state index is 15.7. The van der Waals surface area contributed by atoms with Crippen molar-refractivity contribution in [1.82, 2.24) is 9.88 Å². The molecular weight excluding hydrogens is 515 g/mol. The van der Waals surface area contributed by atoms with Crippen LogP contribution in [0.5, 0.6) is 5.88 Å². The number of carbonyl (C=O) groups excluding carboxylic acids is 1. The summed E-state index contributed by atoms with van der Waals surface area (Å²) in [6.45, 7) is 8.42. The van der Waals surface area contributed by atoms with Crippen molar-refractivity contribution in [2.24, 2.45) is 5.92 Å². The standard InChI is InChI=1S/C31H36ClFN4O2/c1-5-21-10-24(12-25(32)11-21)31(38)35-28-13-26(23-8-9-30(34-15-23)39-18-22-6-7-22)27(33)14-29(28)37-16-19(2)36(4)20(3)17-37/h8-15,19-20,22H,5-7,16-18H2,1-4H3,(H,35,38)/t19-,20+. The van der Waals surface area contributed by atoms with Crippen molar-refractivity contribution in [3.8, 4) is 17.0 Å². The number of hydrogen-bond donors (Lipinski definition) is 1. The van der Waals surface area contributed by atoms with Crippen molar-refractivity contribution in [3.63, 3.8) is 0 Å². The minimum absolute atomic E-state index is 0.271. The molecule has 0 radical (unpaired) electrons. The van der Waals surface area contributed by atoms with Crippen molar-refractivity contribution in [2.45, 2.75) is 52.1 Å². The molecule has 2 atom stereocenters. The Bertz CT molecular complexity index is 1330. The van der Waals surface area contributed by atoms with E-state index in [1.165, 1.54) is 18.9 Å². The highest BCUT2D eigenvalue weighted by Gasteiger charge is 2.29. The lowest BCUT2D eigenvalue weighted by Gasteiger charge is -2.44. The second-order valence-corrected chi connectivity index (χ2v) is 11.3. The monoisotopic (exact) mass is 550 g/mol. The van der Waals surface area contributed by atoms with E-state index in [0.29, 0.717) is 64.6 Å². The summed E-state index contributed by atoms with van der Waals surface area (Å²) in [5, 5.41) is 3.58. The number of likely N-dealkylation sites (N-methyl/N-ethyl adjacent to an activating group) is 1. The fourth-order valence-electron chi connectivity index (χ4n) is 5.04. The zero-order valence-corrected chi connectivity index (χ0v) is 23.8. The number of benzene rings is 2. The molecule has 0 spiro atoms. The molecule has 1 aliphatic heterocycles. The van der Waals surface area contributed by atoms with E-state index in [1.807, 2.05) is 25.1 Å². The Morgan fingerprint density at radius 1 is 1.13 bits per heavy atom. The van der Waals surface area contributed by atoms with Crippen LogP contribution in [0, 0.1) is 11.7 Å². The van der Waals surface area contributed by atoms with Gasteiger partial charge in [-0.1, -0.05) is 18.5 Å². The van der Waals surface area contributed by atoms with Gasteiger partial charge in [0.05, 0.1) is 18.0 Å². The van der Waals surface area contributed by atoms with Gasteiger partial charge in [-0.05, 0) is 88.0 Å². The summed E-state index contributed by atoms with van der Waals surface area (Å²) in [6.07, 6.45) is 4.78. The molecule has 6 nitrogen and oxygen atoms in total. The summed E-state index contributed by atoms with van der Waals surface area (Å²) in [5.74, 6) is 0.495. The number of anilines is 2. The Morgan fingerprint density at radius 2 is 1.87 bits per heavy atom. The second kappa shape index (κ2) is 11.5. The first kappa shape index (κ1) is 27.4. The Morgan fingerprint density at radius 3 is 2.51 bits per heavy atom. The molecule has 1 aromatic heterocycles. The Labute approximate surface area is 235 Å². The van der Waals surface area contributed by atoms with E-state index in [2.05, 4.69) is 41.0 Å². The van der Waals surface area contributed by atoms with Crippen LogP contribution in [0.1, 0.15) is 49.5 Å². The van der Waals surface area contributed by atoms with Crippen LogP contribution >= 0.6 is 11.6 Å². The zero-order chi connectivity index (χ0) is 27.7. The molecule has 0 bridgehead atoms. The van der Waals surface area contributed by atoms with E-state index >= 15 is 4.39 Å². The normalized spacial score (nSPS) is 19.7. The van der Waals surface area contributed by atoms with Crippen molar-refractivity contribution in [3.05, 3.63) is 70.6 Å². The SMILES string of the molecule is CCc1cc(Cl)cc(C(=O)Nc2cc(-c3ccc(OCC4CC4)nc3)c(F)cc2N2C[C@@H](C)N(C)[C@@H](C)C2)c1. The van der Waals surface area contributed by atoms with E-state index in [1.54, 1.807) is 24.4 Å². The molecule has 2 heterocycles. The minimum Gasteiger partial charge on any atom is -0.477 e. The van der Waals surface area contributed by atoms with E-state index in [4.69, 9.17) is 16.3 Å². The zero-order valence-electron chi connectivity index (χ0n) is 23.0. The third-order valence-electron chi connectivity index (χ3n) is 7.87. The number of carbonyl (C=O) groups is 1. The van der Waals surface area contributed by atoms with Gasteiger partial charge in [0, 0.05) is 59.1 Å². The fourth-order valence-corrected chi connectivity index (χ4v) is 5.30. The summed E-state index contributed by atoms with van der Waals surface area (Å²) < 4.78 is 21.4. The number of nitrogens with zero attached hydrogens (tertiary/aromatic N) is 3. The van der Waals surface area contributed by atoms with Crippen LogP contribution in [0.4, 0.5) is 15.8 Å². The minimum atomic E-state index is -0.369. The lowest BCUT2D eigenvalue weighted by molar-refractivity contribution is 0.102. The van der Waals surface area contributed by atoms with Gasteiger partial charge >= 0.3 is 0 Å². The number of rotatable bonds is 8. The second-order valence-electron chi connectivity index (χ2n) is 10.9. The van der Waals surface area contributed by atoms with Crippen LogP contribution in [0.2, 0.25) is 5.02 Å². The summed E-state index contributed by atoms with van der Waals surface area (Å²) in [4.78, 5) is 22.3. The molecule has 5 rings (SSSR count). The van der Waals surface area contributed by atoms with E-state index in [-0.39, 0.29) is 23.8 Å². The summed E-state index contributed by atoms with van der Waals surface area (Å²) in [6, 6.07) is 12.7. The Hall–Kier alpha value is -3.16. The maximum Gasteiger partial charge on any atom is 0.255 e. The molecule has 8 heteroatoms. The molecule has 1 aliphatic carbocycles. The fraction of sp³-hybridized carbons (Fsp3) is 0.419. The third-order valence-corrected chi connectivity index (χ3v) is 8.09. The number of aromatic nitrogens is 1. The molecule has 1 saturated heterocycles. The average molecular weight is 551 g/mol. The molecule has 39 heavy (non-hydrogen) atoms. The molecule has 1 N–H and O–H groups in total. The van der Waals surface area contributed by atoms with Gasteiger partial charge in [-0.15, -0.1) is 0 Å². The maximum absolute atomic E-state index is 15.7. The van der Waals surface area contributed by atoms with Gasteiger partial charge in [0.2, 0.25) is 5.88 Å². The molecule has 2 fully saturated rings. The van der Waals surface area contributed by atoms with E-state index in [0.717, 1.165) is 12.0 Å². The molecule has 0 unspecified atom stereocenters. The van der Waals surface area contributed by atoms with Gasteiger partial charge in [-0.3, -0.25) is 9.69 Å². The number of amides is 1. The molecular formula is C31H36ClFN4O2. The van der Waals surface area contributed by atoms with Gasteiger partial charge in [-0.2, -0.15) is 0 Å². The summed E-state index contributed by atoms with van der Waals surface area (Å²) in [7, 11) is 2.11. The quantitative estimate of drug-likeness (QED) is 0.339. The third kappa shape index (κ3) is 6.36. The smallest absolute Gasteiger partial charge is 0.255 e. The molecule has 1 amide bonds. The number of pyridine rings is 1. The van der Waals surface area contributed by atoms with Gasteiger partial charge < -0.3 is 15.0 Å². The van der Waals surface area contributed by atoms with Crippen LogP contribution < -0.4 is 15.0 Å². The predicted molar refractivity (Wildman–Crippen MR) is 156 cm³/mol. The molecule has 1 saturated carbocycles. The van der Waals surface area contributed by atoms with Crippen LogP contribution in [0.25, 0.3) is 11.1 Å². The van der Waals surface area contributed by atoms with Gasteiger partial charge in [-0.25, -0.2) is 9.37 Å². The lowest BCUT2D eigenvalue weighted by Crippen LogP contribution is -2.55. The first-order valence-electron chi connectivity index (χ1n) is 13.7. The molecule has 3 aromatic rings. The van der Waals surface area contributed by atoms with Crippen molar-refractivity contribution in [2.75, 3.05) is 37.0 Å². The van der Waals surface area contributed by atoms with Crippen LogP contribution in [0.15, 0.2) is 48.7 Å². The van der Waals surface area contributed by atoms with E-state index in [9.17, 15) is 4.79 Å². The first-order valence-corrected chi connectivity index (χ1v) is 14.1. The van der Waals surface area contributed by atoms with Gasteiger partial charge in [0.15, 0.2) is 0 Å². The van der Waals surface area contributed by atoms with Gasteiger partial charge in [0.25, 0.3) is 5.91 Å². The number of hydrogen-bond acceptors (Lipinski definition) is 5. The number of piperazine rings is 1. The Kier molecular flexibility index (Phi) is 8.10. The number of nitrogens with one attached hydrogen (secondary N) is 1. The van der Waals surface area contributed by atoms with Crippen LogP contribution in [0.3, 0.4) is 0 Å². The van der Waals surface area contributed by atoms with Crippen LogP contribution in [-0.2, 0) is 6.42 Å². The van der Waals surface area contributed by atoms with Crippen molar-refractivity contribution < 1.29 is 13.9 Å². The van der Waals surface area contributed by atoms with E-state index < -0.39 is 0 Å². The largest absolute Gasteiger partial charge is 0.477 e. The highest BCUT2D eigenvalue weighted by Crippen LogP contribution is 2.37. The highest BCUT2D eigenvalue weighted by atomic mass is 35.5. The van der Waals surface area contributed by atoms with Gasteiger partial charge in [0.1, 0.15) is 5.82 Å². The first-order chi connectivity index (χ1) is 18.7. The van der Waals surface area contributed by atoms with Crippen molar-refractivity contribution >= 4 is 28.9 Å². The molecule has 2 aliphatic rings. The Balaban J connectivity index is 1.49. The highest BCUT2D eigenvalue weighted by molar-refractivity contribution is 6.31. The number of aryl methyl sites for hydroxylation is 1. The predicted octanol–water partition coefficient (Wildman–Crippen LogP) is 6.67. The molecule has 206 valence electrons. The van der Waals surface area contributed by atoms with Crippen molar-refractivity contribution in [1.29, 1.82) is 0 Å². The number of halogens is 2.